The van der Waals surface area contributed by atoms with Crippen molar-refractivity contribution < 1.29 is 9.47 Å². The van der Waals surface area contributed by atoms with Crippen LogP contribution in [0.5, 0.6) is 0 Å². The second kappa shape index (κ2) is 11.7. The van der Waals surface area contributed by atoms with Crippen LogP contribution in [0.4, 0.5) is 0 Å². The number of hydrogen-bond acceptors (Lipinski definition) is 2. The van der Waals surface area contributed by atoms with Crippen molar-refractivity contribution in [3.63, 3.8) is 0 Å². The molecule has 1 saturated heterocycles. The lowest BCUT2D eigenvalue weighted by Crippen LogP contribution is -2.12. The third-order valence-electron chi connectivity index (χ3n) is 3.93. The van der Waals surface area contributed by atoms with Crippen molar-refractivity contribution in [2.45, 2.75) is 96.7 Å². The Hall–Kier alpha value is -0.0800. The average Bonchev–Trinajstić information content (AvgIpc) is 3.23. The van der Waals surface area contributed by atoms with Crippen molar-refractivity contribution in [1.82, 2.24) is 0 Å². The van der Waals surface area contributed by atoms with Gasteiger partial charge >= 0.3 is 0 Å². The van der Waals surface area contributed by atoms with Gasteiger partial charge in [-0.05, 0) is 13.3 Å². The quantitative estimate of drug-likeness (QED) is 0.323. The monoisotopic (exact) mass is 270 g/mol. The maximum Gasteiger partial charge on any atom is 0.104 e. The minimum Gasteiger partial charge on any atom is -0.376 e. The molecular formula is C17H34O2. The fourth-order valence-electron chi connectivity index (χ4n) is 2.44. The lowest BCUT2D eigenvalue weighted by atomic mass is 10.0. The van der Waals surface area contributed by atoms with Crippen LogP contribution in [0, 0.1) is 0 Å². The summed E-state index contributed by atoms with van der Waals surface area (Å²) in [5.41, 5.74) is 0. The summed E-state index contributed by atoms with van der Waals surface area (Å²) in [6.45, 7) is 6.18. The van der Waals surface area contributed by atoms with E-state index in [-0.39, 0.29) is 0 Å². The number of rotatable bonds is 14. The maximum atomic E-state index is 5.72. The third-order valence-corrected chi connectivity index (χ3v) is 3.93. The standard InChI is InChI=1S/C17H34O2/c1-3-4-5-6-7-8-9-10-11-12-13-16(2)18-14-17-15-19-17/h16-17H,3-15H2,1-2H3. The summed E-state index contributed by atoms with van der Waals surface area (Å²) in [7, 11) is 0. The van der Waals surface area contributed by atoms with E-state index in [1.807, 2.05) is 0 Å². The molecule has 0 bridgehead atoms. The van der Waals surface area contributed by atoms with Crippen LogP contribution in [0.2, 0.25) is 0 Å². The van der Waals surface area contributed by atoms with E-state index in [9.17, 15) is 0 Å². The highest BCUT2D eigenvalue weighted by molar-refractivity contribution is 4.68. The van der Waals surface area contributed by atoms with Crippen LogP contribution in [0.15, 0.2) is 0 Å². The van der Waals surface area contributed by atoms with E-state index in [1.54, 1.807) is 0 Å². The van der Waals surface area contributed by atoms with Gasteiger partial charge in [-0.15, -0.1) is 0 Å². The van der Waals surface area contributed by atoms with E-state index in [1.165, 1.54) is 70.6 Å². The first-order chi connectivity index (χ1) is 9.33. The molecule has 0 aromatic carbocycles. The Balaban J connectivity index is 1.70. The average molecular weight is 270 g/mol. The summed E-state index contributed by atoms with van der Waals surface area (Å²) < 4.78 is 10.9. The highest BCUT2D eigenvalue weighted by atomic mass is 16.6. The molecule has 1 aliphatic rings. The first-order valence-corrected chi connectivity index (χ1v) is 8.56. The Kier molecular flexibility index (Phi) is 10.5. The summed E-state index contributed by atoms with van der Waals surface area (Å²) >= 11 is 0. The van der Waals surface area contributed by atoms with Crippen LogP contribution in [0.25, 0.3) is 0 Å². The number of hydrogen-bond donors (Lipinski definition) is 0. The molecule has 1 fully saturated rings. The van der Waals surface area contributed by atoms with Crippen LogP contribution in [-0.2, 0) is 9.47 Å². The summed E-state index contributed by atoms with van der Waals surface area (Å²) in [4.78, 5) is 0. The Morgan fingerprint density at radius 3 is 2.00 bits per heavy atom. The molecule has 2 nitrogen and oxygen atoms in total. The molecule has 0 aliphatic carbocycles. The third kappa shape index (κ3) is 11.4. The molecule has 0 saturated carbocycles. The van der Waals surface area contributed by atoms with Gasteiger partial charge in [-0.25, -0.2) is 0 Å². The van der Waals surface area contributed by atoms with Crippen molar-refractivity contribution in [1.29, 1.82) is 0 Å². The minimum absolute atomic E-state index is 0.412. The van der Waals surface area contributed by atoms with Crippen molar-refractivity contribution in [3.05, 3.63) is 0 Å². The summed E-state index contributed by atoms with van der Waals surface area (Å²) in [6.07, 6.45) is 16.1. The Bertz CT molecular complexity index is 190. The normalized spacial score (nSPS) is 19.6. The van der Waals surface area contributed by atoms with Crippen LogP contribution in [0.3, 0.4) is 0 Å². The van der Waals surface area contributed by atoms with E-state index in [4.69, 9.17) is 9.47 Å². The zero-order valence-corrected chi connectivity index (χ0v) is 13.2. The lowest BCUT2D eigenvalue weighted by Gasteiger charge is -2.11. The van der Waals surface area contributed by atoms with Gasteiger partial charge in [0.2, 0.25) is 0 Å². The molecule has 0 aromatic heterocycles. The molecule has 19 heavy (non-hydrogen) atoms. The van der Waals surface area contributed by atoms with Gasteiger partial charge in [0.05, 0.1) is 19.3 Å². The molecule has 0 aromatic rings. The number of unbranched alkanes of at least 4 members (excludes halogenated alkanes) is 9. The molecule has 2 unspecified atom stereocenters. The molecule has 2 heteroatoms. The predicted molar refractivity (Wildman–Crippen MR) is 81.6 cm³/mol. The molecule has 0 spiro atoms. The smallest absolute Gasteiger partial charge is 0.104 e. The first kappa shape index (κ1) is 17.0. The second-order valence-electron chi connectivity index (χ2n) is 6.07. The largest absolute Gasteiger partial charge is 0.376 e. The SMILES string of the molecule is CCCCCCCCCCCCC(C)OCC1CO1. The molecular weight excluding hydrogens is 236 g/mol. The van der Waals surface area contributed by atoms with Crippen LogP contribution < -0.4 is 0 Å². The van der Waals surface area contributed by atoms with Crippen LogP contribution >= 0.6 is 0 Å². The fraction of sp³-hybridized carbons (Fsp3) is 1.00. The van der Waals surface area contributed by atoms with Crippen molar-refractivity contribution in [2.75, 3.05) is 13.2 Å². The van der Waals surface area contributed by atoms with Gasteiger partial charge in [-0.3, -0.25) is 0 Å². The van der Waals surface area contributed by atoms with Gasteiger partial charge in [0.15, 0.2) is 0 Å². The number of ether oxygens (including phenoxy) is 2. The summed E-state index contributed by atoms with van der Waals surface area (Å²) in [5, 5.41) is 0. The maximum absolute atomic E-state index is 5.72. The Morgan fingerprint density at radius 1 is 0.947 bits per heavy atom. The van der Waals surface area contributed by atoms with Crippen molar-refractivity contribution in [2.24, 2.45) is 0 Å². The van der Waals surface area contributed by atoms with Gasteiger partial charge in [0, 0.05) is 0 Å². The topological polar surface area (TPSA) is 21.8 Å². The predicted octanol–water partition coefficient (Wildman–Crippen LogP) is 5.10. The molecule has 1 aliphatic heterocycles. The molecule has 2 atom stereocenters. The molecule has 114 valence electrons. The van der Waals surface area contributed by atoms with Gasteiger partial charge in [-0.2, -0.15) is 0 Å². The van der Waals surface area contributed by atoms with E-state index >= 15 is 0 Å². The van der Waals surface area contributed by atoms with Crippen LogP contribution in [0.1, 0.15) is 84.5 Å². The highest BCUT2D eigenvalue weighted by Gasteiger charge is 2.23. The van der Waals surface area contributed by atoms with Gasteiger partial charge in [0.1, 0.15) is 6.10 Å². The summed E-state index contributed by atoms with van der Waals surface area (Å²) in [6, 6.07) is 0. The fourth-order valence-corrected chi connectivity index (χ4v) is 2.44. The van der Waals surface area contributed by atoms with Crippen molar-refractivity contribution >= 4 is 0 Å². The van der Waals surface area contributed by atoms with Gasteiger partial charge in [-0.1, -0.05) is 71.1 Å². The minimum atomic E-state index is 0.412. The zero-order valence-electron chi connectivity index (χ0n) is 13.2. The summed E-state index contributed by atoms with van der Waals surface area (Å²) in [5.74, 6) is 0. The molecule has 0 amide bonds. The molecule has 1 rings (SSSR count). The van der Waals surface area contributed by atoms with Gasteiger partial charge in [0.25, 0.3) is 0 Å². The van der Waals surface area contributed by atoms with E-state index in [0.29, 0.717) is 12.2 Å². The second-order valence-corrected chi connectivity index (χ2v) is 6.07. The van der Waals surface area contributed by atoms with E-state index < -0.39 is 0 Å². The number of epoxide rings is 1. The van der Waals surface area contributed by atoms with Crippen LogP contribution in [-0.4, -0.2) is 25.4 Å². The molecule has 0 N–H and O–H groups in total. The highest BCUT2D eigenvalue weighted by Crippen LogP contribution is 2.14. The van der Waals surface area contributed by atoms with Gasteiger partial charge < -0.3 is 9.47 Å². The molecule has 0 radical (unpaired) electrons. The van der Waals surface area contributed by atoms with E-state index in [0.717, 1.165) is 13.2 Å². The Labute approximate surface area is 120 Å². The first-order valence-electron chi connectivity index (χ1n) is 8.56. The molecule has 1 heterocycles. The van der Waals surface area contributed by atoms with E-state index in [2.05, 4.69) is 13.8 Å². The lowest BCUT2D eigenvalue weighted by molar-refractivity contribution is 0.0476. The zero-order chi connectivity index (χ0) is 13.8. The van der Waals surface area contributed by atoms with Crippen molar-refractivity contribution in [3.8, 4) is 0 Å². The Morgan fingerprint density at radius 2 is 1.47 bits per heavy atom.